The number of rotatable bonds is 8. The van der Waals surface area contributed by atoms with Gasteiger partial charge in [0.15, 0.2) is 0 Å². The van der Waals surface area contributed by atoms with E-state index in [1.807, 2.05) is 13.8 Å². The van der Waals surface area contributed by atoms with Crippen LogP contribution in [0, 0.1) is 5.92 Å². The third-order valence-corrected chi connectivity index (χ3v) is 6.33. The number of ether oxygens (including phenoxy) is 2. The van der Waals surface area contributed by atoms with Crippen molar-refractivity contribution in [2.75, 3.05) is 20.2 Å². The Balaban J connectivity index is 2.54. The lowest BCUT2D eigenvalue weighted by Gasteiger charge is -2.34. The normalized spacial score (nSPS) is 24.6. The van der Waals surface area contributed by atoms with E-state index in [0.29, 0.717) is 25.5 Å². The number of amides is 2. The quantitative estimate of drug-likeness (QED) is 0.620. The molecule has 1 aliphatic rings. The molecule has 1 aliphatic heterocycles. The first-order valence-electron chi connectivity index (χ1n) is 9.49. The van der Waals surface area contributed by atoms with Gasteiger partial charge >= 0.3 is 12.2 Å². The van der Waals surface area contributed by atoms with Crippen molar-refractivity contribution in [2.45, 2.75) is 77.0 Å². The molecule has 0 radical (unpaired) electrons. The molecule has 4 atom stereocenters. The van der Waals surface area contributed by atoms with Gasteiger partial charge in [-0.3, -0.25) is 0 Å². The van der Waals surface area contributed by atoms with Gasteiger partial charge in [0.05, 0.1) is 24.9 Å². The van der Waals surface area contributed by atoms with Crippen LogP contribution in [0.15, 0.2) is 0 Å². The average Bonchev–Trinajstić information content (AvgIpc) is 2.43. The van der Waals surface area contributed by atoms with Crippen molar-refractivity contribution in [1.29, 1.82) is 0 Å². The van der Waals surface area contributed by atoms with Gasteiger partial charge in [-0.25, -0.2) is 9.59 Å². The van der Waals surface area contributed by atoms with Gasteiger partial charge in [0.25, 0.3) is 0 Å². The minimum atomic E-state index is -1.25. The van der Waals surface area contributed by atoms with Crippen molar-refractivity contribution < 1.29 is 24.2 Å². The first kappa shape index (κ1) is 22.8. The largest absolute Gasteiger partial charge is 0.465 e. The minimum absolute atomic E-state index is 0.179. The summed E-state index contributed by atoms with van der Waals surface area (Å²) < 4.78 is 11.1. The number of hydrogen-bond acceptors (Lipinski definition) is 4. The summed E-state index contributed by atoms with van der Waals surface area (Å²) in [6.07, 6.45) is 1.41. The van der Waals surface area contributed by atoms with E-state index in [1.54, 1.807) is 7.05 Å². The van der Waals surface area contributed by atoms with Crippen molar-refractivity contribution in [1.82, 2.24) is 10.2 Å². The fraction of sp³-hybridized carbons (Fsp3) is 0.889. The molecule has 3 unspecified atom stereocenters. The van der Waals surface area contributed by atoms with Gasteiger partial charge in [-0.2, -0.15) is 0 Å². The number of carboxylic acid groups (broad SMARTS) is 1. The van der Waals surface area contributed by atoms with Crippen LogP contribution in [0.4, 0.5) is 9.59 Å². The van der Waals surface area contributed by atoms with E-state index < -0.39 is 20.3 Å². The highest BCUT2D eigenvalue weighted by Gasteiger charge is 2.28. The number of nitrogens with zero attached hydrogens (tertiary/aromatic N) is 1. The molecule has 7 nitrogen and oxygen atoms in total. The maximum Gasteiger partial charge on any atom is 0.409 e. The van der Waals surface area contributed by atoms with Gasteiger partial charge < -0.3 is 24.8 Å². The number of hydrogen-bond donors (Lipinski definition) is 2. The molecule has 26 heavy (non-hydrogen) atoms. The van der Waals surface area contributed by atoms with Gasteiger partial charge in [-0.05, 0) is 45.1 Å². The minimum Gasteiger partial charge on any atom is -0.465 e. The van der Waals surface area contributed by atoms with Crippen LogP contribution in [0.5, 0.6) is 0 Å². The lowest BCUT2D eigenvalue weighted by Crippen LogP contribution is -2.46. The topological polar surface area (TPSA) is 88.1 Å². The Labute approximate surface area is 158 Å². The molecule has 1 saturated heterocycles. The van der Waals surface area contributed by atoms with Crippen LogP contribution in [-0.2, 0) is 9.47 Å². The van der Waals surface area contributed by atoms with Gasteiger partial charge in [0, 0.05) is 21.7 Å². The smallest absolute Gasteiger partial charge is 0.409 e. The van der Waals surface area contributed by atoms with Crippen LogP contribution < -0.4 is 5.32 Å². The van der Waals surface area contributed by atoms with Gasteiger partial charge in [-0.1, -0.05) is 19.6 Å². The second kappa shape index (κ2) is 10.2. The van der Waals surface area contributed by atoms with Crippen molar-refractivity contribution in [3.63, 3.8) is 0 Å². The van der Waals surface area contributed by atoms with E-state index in [0.717, 1.165) is 18.9 Å². The van der Waals surface area contributed by atoms with Crippen molar-refractivity contribution in [2.24, 2.45) is 5.92 Å². The predicted molar refractivity (Wildman–Crippen MR) is 104 cm³/mol. The standard InChI is InChI=1S/C18H36N2O5Si/c1-13-9-15(10-14(2)25-13)11-16(19-17(21)22)12-20(3)18(23)24-7-8-26(4,5)6/h13-16,19H,7-12H2,1-6H3,(H,21,22)/t13-,14?,15?,16?/m1/s1. The van der Waals surface area contributed by atoms with Crippen LogP contribution in [0.1, 0.15) is 33.1 Å². The molecule has 0 saturated carbocycles. The number of carbonyl (C=O) groups is 2. The van der Waals surface area contributed by atoms with Crippen LogP contribution in [0.3, 0.4) is 0 Å². The highest BCUT2D eigenvalue weighted by atomic mass is 28.3. The van der Waals surface area contributed by atoms with Gasteiger partial charge in [0.1, 0.15) is 0 Å². The molecule has 0 aliphatic carbocycles. The molecule has 1 rings (SSSR count). The molecule has 8 heteroatoms. The Bertz CT molecular complexity index is 459. The number of nitrogens with one attached hydrogen (secondary N) is 1. The van der Waals surface area contributed by atoms with Crippen LogP contribution in [0.25, 0.3) is 0 Å². The summed E-state index contributed by atoms with van der Waals surface area (Å²) in [5, 5.41) is 11.7. The summed E-state index contributed by atoms with van der Waals surface area (Å²) in [6.45, 7) is 11.5. The lowest BCUT2D eigenvalue weighted by molar-refractivity contribution is -0.0551. The summed E-state index contributed by atoms with van der Waals surface area (Å²) in [7, 11) is 0.402. The first-order chi connectivity index (χ1) is 12.0. The molecule has 0 spiro atoms. The molecule has 0 bridgehead atoms. The molecular formula is C18H36N2O5Si. The third kappa shape index (κ3) is 9.42. The zero-order valence-corrected chi connectivity index (χ0v) is 18.1. The van der Waals surface area contributed by atoms with Crippen molar-refractivity contribution in [3.8, 4) is 0 Å². The second-order valence-electron chi connectivity index (χ2n) is 8.78. The summed E-state index contributed by atoms with van der Waals surface area (Å²) in [4.78, 5) is 24.8. The van der Waals surface area contributed by atoms with E-state index in [1.165, 1.54) is 4.90 Å². The summed E-state index contributed by atoms with van der Waals surface area (Å²) >= 11 is 0. The zero-order valence-electron chi connectivity index (χ0n) is 17.1. The zero-order chi connectivity index (χ0) is 19.9. The molecule has 0 aromatic heterocycles. The average molecular weight is 389 g/mol. The van der Waals surface area contributed by atoms with Crippen LogP contribution in [0.2, 0.25) is 25.7 Å². The monoisotopic (exact) mass is 388 g/mol. The Morgan fingerprint density at radius 3 is 2.35 bits per heavy atom. The maximum atomic E-state index is 12.2. The van der Waals surface area contributed by atoms with E-state index in [-0.39, 0.29) is 18.2 Å². The Hall–Kier alpha value is -1.28. The maximum absolute atomic E-state index is 12.2. The molecule has 1 fully saturated rings. The molecule has 2 N–H and O–H groups in total. The third-order valence-electron chi connectivity index (χ3n) is 4.62. The summed E-state index contributed by atoms with van der Waals surface area (Å²) in [6, 6.07) is 0.603. The number of likely N-dealkylation sites (N-methyl/N-ethyl adjacent to an activating group) is 1. The second-order valence-corrected chi connectivity index (χ2v) is 14.4. The van der Waals surface area contributed by atoms with E-state index in [9.17, 15) is 9.59 Å². The molecule has 0 aromatic rings. The lowest BCUT2D eigenvalue weighted by atomic mass is 9.87. The SMILES string of the molecule is CC1CC(CC(CN(C)C(=O)OCC[Si](C)(C)C)NC(=O)O)C[C@@H](C)O1. The molecule has 152 valence electrons. The first-order valence-corrected chi connectivity index (χ1v) is 13.2. The van der Waals surface area contributed by atoms with Crippen LogP contribution in [-0.4, -0.2) is 68.7 Å². The Morgan fingerprint density at radius 2 is 1.85 bits per heavy atom. The van der Waals surface area contributed by atoms with E-state index >= 15 is 0 Å². The molecule has 1 heterocycles. The van der Waals surface area contributed by atoms with E-state index in [2.05, 4.69) is 25.0 Å². The Morgan fingerprint density at radius 1 is 1.27 bits per heavy atom. The summed E-state index contributed by atoms with van der Waals surface area (Å²) in [5.41, 5.74) is 0. The Kier molecular flexibility index (Phi) is 8.89. The highest BCUT2D eigenvalue weighted by molar-refractivity contribution is 6.76. The fourth-order valence-corrected chi connectivity index (χ4v) is 4.17. The van der Waals surface area contributed by atoms with Gasteiger partial charge in [0.2, 0.25) is 0 Å². The van der Waals surface area contributed by atoms with Crippen molar-refractivity contribution >= 4 is 20.3 Å². The fourth-order valence-electron chi connectivity index (χ4n) is 3.45. The number of carbonyl (C=O) groups excluding carboxylic acids is 1. The molecule has 0 aromatic carbocycles. The van der Waals surface area contributed by atoms with Gasteiger partial charge in [-0.15, -0.1) is 0 Å². The van der Waals surface area contributed by atoms with Crippen LogP contribution >= 0.6 is 0 Å². The van der Waals surface area contributed by atoms with E-state index in [4.69, 9.17) is 14.6 Å². The molecular weight excluding hydrogens is 352 g/mol. The van der Waals surface area contributed by atoms with Crippen molar-refractivity contribution in [3.05, 3.63) is 0 Å². The highest BCUT2D eigenvalue weighted by Crippen LogP contribution is 2.28. The summed E-state index contributed by atoms with van der Waals surface area (Å²) in [5.74, 6) is 0.377. The molecule has 2 amide bonds. The predicted octanol–water partition coefficient (Wildman–Crippen LogP) is 3.62.